The molecule has 0 aromatic carbocycles. The van der Waals surface area contributed by atoms with Gasteiger partial charge in [0.05, 0.1) is 18.1 Å². The van der Waals surface area contributed by atoms with Gasteiger partial charge in [0.25, 0.3) is 0 Å². The highest BCUT2D eigenvalue weighted by Gasteiger charge is 2.69. The lowest BCUT2D eigenvalue weighted by Crippen LogP contribution is -2.27. The van der Waals surface area contributed by atoms with E-state index in [2.05, 4.69) is 0 Å². The standard InChI is InChI=1S/C8H15NO3S/c9-4-8(5-10)3-7(8)1-2-13(11,12)6-7/h10H,1-6,9H2. The summed E-state index contributed by atoms with van der Waals surface area (Å²) in [4.78, 5) is 0. The van der Waals surface area contributed by atoms with Gasteiger partial charge in [-0.15, -0.1) is 0 Å². The fraction of sp³-hybridized carbons (Fsp3) is 1.00. The van der Waals surface area contributed by atoms with Crippen LogP contribution in [0.5, 0.6) is 0 Å². The van der Waals surface area contributed by atoms with Crippen LogP contribution in [0, 0.1) is 10.8 Å². The number of hydrogen-bond donors (Lipinski definition) is 2. The summed E-state index contributed by atoms with van der Waals surface area (Å²) in [5.41, 5.74) is 5.12. The van der Waals surface area contributed by atoms with E-state index in [1.165, 1.54) is 0 Å². The Morgan fingerprint density at radius 1 is 1.46 bits per heavy atom. The Labute approximate surface area is 78.0 Å². The molecule has 1 aliphatic carbocycles. The van der Waals surface area contributed by atoms with Crippen LogP contribution in [0.1, 0.15) is 12.8 Å². The minimum Gasteiger partial charge on any atom is -0.396 e. The first kappa shape index (κ1) is 9.43. The van der Waals surface area contributed by atoms with Gasteiger partial charge in [-0.2, -0.15) is 0 Å². The molecule has 1 spiro atoms. The van der Waals surface area contributed by atoms with E-state index in [9.17, 15) is 13.5 Å². The van der Waals surface area contributed by atoms with Gasteiger partial charge in [0.15, 0.2) is 9.84 Å². The monoisotopic (exact) mass is 205 g/mol. The smallest absolute Gasteiger partial charge is 0.150 e. The second kappa shape index (κ2) is 2.46. The van der Waals surface area contributed by atoms with E-state index in [0.717, 1.165) is 6.42 Å². The van der Waals surface area contributed by atoms with Gasteiger partial charge in [-0.05, 0) is 18.3 Å². The van der Waals surface area contributed by atoms with Gasteiger partial charge in [-0.1, -0.05) is 0 Å². The van der Waals surface area contributed by atoms with Gasteiger partial charge < -0.3 is 10.8 Å². The molecule has 3 N–H and O–H groups in total. The van der Waals surface area contributed by atoms with Gasteiger partial charge in [-0.25, -0.2) is 8.42 Å². The first-order valence-corrected chi connectivity index (χ1v) is 6.33. The molecule has 76 valence electrons. The minimum absolute atomic E-state index is 0.0268. The average Bonchev–Trinajstić information content (AvgIpc) is 2.59. The number of aliphatic hydroxyl groups excluding tert-OH is 1. The van der Waals surface area contributed by atoms with Gasteiger partial charge >= 0.3 is 0 Å². The van der Waals surface area contributed by atoms with E-state index in [1.54, 1.807) is 0 Å². The summed E-state index contributed by atoms with van der Waals surface area (Å²) < 4.78 is 22.6. The molecule has 2 rings (SSSR count). The van der Waals surface area contributed by atoms with Crippen molar-refractivity contribution in [1.82, 2.24) is 0 Å². The van der Waals surface area contributed by atoms with E-state index in [4.69, 9.17) is 5.73 Å². The van der Waals surface area contributed by atoms with Crippen LogP contribution in [0.15, 0.2) is 0 Å². The lowest BCUT2D eigenvalue weighted by molar-refractivity contribution is 0.182. The zero-order valence-corrected chi connectivity index (χ0v) is 8.31. The Kier molecular flexibility index (Phi) is 1.78. The summed E-state index contributed by atoms with van der Waals surface area (Å²) in [5.74, 6) is 0.506. The maximum atomic E-state index is 11.3. The van der Waals surface area contributed by atoms with Crippen LogP contribution in [0.3, 0.4) is 0 Å². The predicted molar refractivity (Wildman–Crippen MR) is 48.9 cm³/mol. The number of nitrogens with two attached hydrogens (primary N) is 1. The van der Waals surface area contributed by atoms with Crippen LogP contribution < -0.4 is 5.73 Å². The third-order valence-corrected chi connectivity index (χ3v) is 5.58. The van der Waals surface area contributed by atoms with Crippen LogP contribution >= 0.6 is 0 Å². The Morgan fingerprint density at radius 2 is 2.15 bits per heavy atom. The highest BCUT2D eigenvalue weighted by molar-refractivity contribution is 7.91. The normalized spacial score (nSPS) is 46.9. The second-order valence-electron chi connectivity index (χ2n) is 4.44. The predicted octanol–water partition coefficient (Wildman–Crippen LogP) is -0.868. The summed E-state index contributed by atoms with van der Waals surface area (Å²) in [5, 5.41) is 9.18. The van der Waals surface area contributed by atoms with E-state index >= 15 is 0 Å². The van der Waals surface area contributed by atoms with Crippen molar-refractivity contribution in [2.24, 2.45) is 16.6 Å². The SMILES string of the molecule is NCC1(CO)CC12CCS(=O)(=O)C2. The van der Waals surface area contributed by atoms with Crippen molar-refractivity contribution in [3.05, 3.63) is 0 Å². The zero-order chi connectivity index (χ0) is 9.74. The van der Waals surface area contributed by atoms with Crippen molar-refractivity contribution in [2.75, 3.05) is 24.7 Å². The topological polar surface area (TPSA) is 80.4 Å². The molecule has 1 saturated heterocycles. The van der Waals surface area contributed by atoms with Crippen molar-refractivity contribution >= 4 is 9.84 Å². The summed E-state index contributed by atoms with van der Waals surface area (Å²) in [6.07, 6.45) is 1.47. The fourth-order valence-electron chi connectivity index (χ4n) is 2.65. The molecule has 0 bridgehead atoms. The highest BCUT2D eigenvalue weighted by atomic mass is 32.2. The van der Waals surface area contributed by atoms with Crippen LogP contribution in [-0.2, 0) is 9.84 Å². The molecule has 5 heteroatoms. The van der Waals surface area contributed by atoms with Crippen molar-refractivity contribution in [3.8, 4) is 0 Å². The van der Waals surface area contributed by atoms with E-state index in [0.29, 0.717) is 13.0 Å². The Morgan fingerprint density at radius 3 is 2.46 bits per heavy atom. The highest BCUT2D eigenvalue weighted by Crippen LogP contribution is 2.67. The molecule has 2 aliphatic rings. The second-order valence-corrected chi connectivity index (χ2v) is 6.63. The molecule has 13 heavy (non-hydrogen) atoms. The average molecular weight is 205 g/mol. The first-order valence-electron chi connectivity index (χ1n) is 4.51. The van der Waals surface area contributed by atoms with Gasteiger partial charge in [0.1, 0.15) is 0 Å². The minimum atomic E-state index is -2.85. The molecule has 0 aromatic rings. The molecule has 2 atom stereocenters. The van der Waals surface area contributed by atoms with E-state index in [1.807, 2.05) is 0 Å². The van der Waals surface area contributed by atoms with Gasteiger partial charge in [-0.3, -0.25) is 0 Å². The first-order chi connectivity index (χ1) is 5.99. The molecular weight excluding hydrogens is 190 g/mol. The number of hydrogen-bond acceptors (Lipinski definition) is 4. The largest absolute Gasteiger partial charge is 0.396 e. The number of rotatable bonds is 2. The molecule has 1 aliphatic heterocycles. The molecule has 1 heterocycles. The van der Waals surface area contributed by atoms with Gasteiger partial charge in [0.2, 0.25) is 0 Å². The lowest BCUT2D eigenvalue weighted by atomic mass is 9.93. The van der Waals surface area contributed by atoms with Crippen molar-refractivity contribution in [3.63, 3.8) is 0 Å². The van der Waals surface area contributed by atoms with Crippen molar-refractivity contribution < 1.29 is 13.5 Å². The maximum absolute atomic E-state index is 11.3. The molecule has 1 saturated carbocycles. The third-order valence-electron chi connectivity index (χ3n) is 3.76. The summed E-state index contributed by atoms with van der Waals surface area (Å²) in [6.45, 7) is 0.429. The van der Waals surface area contributed by atoms with Gasteiger partial charge in [0, 0.05) is 12.0 Å². The number of sulfone groups is 1. The van der Waals surface area contributed by atoms with Crippen molar-refractivity contribution in [1.29, 1.82) is 0 Å². The molecule has 2 fully saturated rings. The molecule has 2 unspecified atom stereocenters. The fourth-order valence-corrected chi connectivity index (χ4v) is 4.89. The van der Waals surface area contributed by atoms with Crippen LogP contribution in [-0.4, -0.2) is 38.2 Å². The van der Waals surface area contributed by atoms with Crippen molar-refractivity contribution in [2.45, 2.75) is 12.8 Å². The molecule has 0 radical (unpaired) electrons. The zero-order valence-electron chi connectivity index (χ0n) is 7.49. The Hall–Kier alpha value is -0.130. The van der Waals surface area contributed by atoms with Crippen LogP contribution in [0.4, 0.5) is 0 Å². The van der Waals surface area contributed by atoms with Crippen LogP contribution in [0.25, 0.3) is 0 Å². The Bertz CT molecular complexity index is 320. The molecular formula is C8H15NO3S. The maximum Gasteiger partial charge on any atom is 0.150 e. The Balaban J connectivity index is 2.21. The third kappa shape index (κ3) is 1.14. The quantitative estimate of drug-likeness (QED) is 0.614. The molecule has 0 aromatic heterocycles. The summed E-state index contributed by atoms with van der Waals surface area (Å²) >= 11 is 0. The molecule has 4 nitrogen and oxygen atoms in total. The summed E-state index contributed by atoms with van der Waals surface area (Å²) in [7, 11) is -2.85. The number of aliphatic hydroxyl groups is 1. The van der Waals surface area contributed by atoms with Crippen LogP contribution in [0.2, 0.25) is 0 Å². The summed E-state index contributed by atoms with van der Waals surface area (Å²) in [6, 6.07) is 0. The lowest BCUT2D eigenvalue weighted by Gasteiger charge is -2.16. The van der Waals surface area contributed by atoms with E-state index < -0.39 is 9.84 Å². The van der Waals surface area contributed by atoms with E-state index in [-0.39, 0.29) is 28.9 Å². The molecule has 0 amide bonds.